The second-order valence-electron chi connectivity index (χ2n) is 6.67. The second-order valence-corrected chi connectivity index (χ2v) is 7.07. The number of hydrogen-bond acceptors (Lipinski definition) is 6. The van der Waals surface area contributed by atoms with Gasteiger partial charge in [-0.3, -0.25) is 19.7 Å². The number of anilines is 1. The quantitative estimate of drug-likeness (QED) is 0.312. The van der Waals surface area contributed by atoms with Crippen LogP contribution in [0.5, 0.6) is 0 Å². The van der Waals surface area contributed by atoms with Crippen LogP contribution in [0.2, 0.25) is 5.02 Å². The molecule has 9 nitrogen and oxygen atoms in total. The number of nitrogens with zero attached hydrogens (tertiary/aromatic N) is 1. The van der Waals surface area contributed by atoms with E-state index in [2.05, 4.69) is 10.6 Å². The average Bonchev–Trinajstić information content (AvgIpc) is 2.79. The smallest absolute Gasteiger partial charge is 0.272 e. The summed E-state index contributed by atoms with van der Waals surface area (Å²) in [5.41, 5.74) is -0.0919. The van der Waals surface area contributed by atoms with E-state index in [-0.39, 0.29) is 38.8 Å². The van der Waals surface area contributed by atoms with Gasteiger partial charge in [-0.2, -0.15) is 0 Å². The number of benzene rings is 3. The molecule has 0 radical (unpaired) electrons. The first-order valence-electron chi connectivity index (χ1n) is 9.39. The standard InChI is InChI=1S/C23H16ClN3O6/c24-19-10-2-1-9-18(19)21(28)26-20(12-14-5-3-8-17(11-14)27(32)33)22(29)25-16-7-4-6-15(13-16)23(30)31/h1-13H,(H,25,29)(H,26,28)(H,30,31)/p-1/b20-12+. The number of non-ortho nitro benzene ring substituents is 1. The van der Waals surface area contributed by atoms with Gasteiger partial charge in [0, 0.05) is 17.8 Å². The van der Waals surface area contributed by atoms with E-state index in [4.69, 9.17) is 11.6 Å². The van der Waals surface area contributed by atoms with Crippen molar-refractivity contribution in [3.8, 4) is 0 Å². The highest BCUT2D eigenvalue weighted by Crippen LogP contribution is 2.19. The summed E-state index contributed by atoms with van der Waals surface area (Å²) in [4.78, 5) is 47.2. The molecule has 166 valence electrons. The number of nitro benzene ring substituents is 1. The number of carbonyl (C=O) groups excluding carboxylic acids is 3. The van der Waals surface area contributed by atoms with Crippen molar-refractivity contribution in [1.82, 2.24) is 5.32 Å². The minimum atomic E-state index is -1.43. The highest BCUT2D eigenvalue weighted by atomic mass is 35.5. The molecule has 0 atom stereocenters. The van der Waals surface area contributed by atoms with Crippen molar-refractivity contribution in [1.29, 1.82) is 0 Å². The Labute approximate surface area is 192 Å². The second kappa shape index (κ2) is 10.2. The summed E-state index contributed by atoms with van der Waals surface area (Å²) in [5.74, 6) is -2.90. The van der Waals surface area contributed by atoms with Gasteiger partial charge in [-0.1, -0.05) is 48.0 Å². The molecular formula is C23H15ClN3O6-. The molecule has 2 amide bonds. The van der Waals surface area contributed by atoms with Gasteiger partial charge in [0.05, 0.1) is 21.5 Å². The molecule has 0 saturated carbocycles. The number of hydrogen-bond donors (Lipinski definition) is 2. The Morgan fingerprint density at radius 3 is 2.36 bits per heavy atom. The van der Waals surface area contributed by atoms with Crippen molar-refractivity contribution < 1.29 is 24.4 Å². The van der Waals surface area contributed by atoms with Crippen LogP contribution in [0.1, 0.15) is 26.3 Å². The maximum absolute atomic E-state index is 12.9. The van der Waals surface area contributed by atoms with Gasteiger partial charge in [0.25, 0.3) is 17.5 Å². The van der Waals surface area contributed by atoms with Crippen molar-refractivity contribution in [2.45, 2.75) is 0 Å². The Morgan fingerprint density at radius 2 is 1.67 bits per heavy atom. The molecule has 0 aromatic heterocycles. The number of halogens is 1. The zero-order chi connectivity index (χ0) is 24.0. The van der Waals surface area contributed by atoms with E-state index in [0.717, 1.165) is 0 Å². The number of carbonyl (C=O) groups is 3. The van der Waals surface area contributed by atoms with Crippen LogP contribution >= 0.6 is 11.6 Å². The molecule has 0 spiro atoms. The van der Waals surface area contributed by atoms with Crippen LogP contribution in [0.3, 0.4) is 0 Å². The molecule has 0 unspecified atom stereocenters. The topological polar surface area (TPSA) is 141 Å². The predicted octanol–water partition coefficient (Wildman–Crippen LogP) is 3.02. The average molecular weight is 465 g/mol. The number of carboxylic acids is 1. The number of amides is 2. The highest BCUT2D eigenvalue weighted by molar-refractivity contribution is 6.34. The fourth-order valence-electron chi connectivity index (χ4n) is 2.81. The molecule has 33 heavy (non-hydrogen) atoms. The van der Waals surface area contributed by atoms with Crippen LogP contribution in [-0.2, 0) is 4.79 Å². The molecule has 0 bridgehead atoms. The van der Waals surface area contributed by atoms with Gasteiger partial charge in [0.15, 0.2) is 0 Å². The van der Waals surface area contributed by atoms with Crippen LogP contribution in [0.4, 0.5) is 11.4 Å². The SMILES string of the molecule is O=C(Nc1cccc(C(=O)[O-])c1)/C(=C\c1cccc([N+](=O)[O-])c1)NC(=O)c1ccccc1Cl. The molecule has 10 heteroatoms. The zero-order valence-corrected chi connectivity index (χ0v) is 17.5. The fraction of sp³-hybridized carbons (Fsp3) is 0. The molecular weight excluding hydrogens is 450 g/mol. The minimum absolute atomic E-state index is 0.107. The van der Waals surface area contributed by atoms with Gasteiger partial charge < -0.3 is 20.5 Å². The Kier molecular flexibility index (Phi) is 7.17. The van der Waals surface area contributed by atoms with Gasteiger partial charge >= 0.3 is 0 Å². The Morgan fingerprint density at radius 1 is 0.939 bits per heavy atom. The molecule has 0 fully saturated rings. The van der Waals surface area contributed by atoms with Gasteiger partial charge in [0.1, 0.15) is 5.70 Å². The summed E-state index contributed by atoms with van der Waals surface area (Å²) in [6.07, 6.45) is 1.25. The third-order valence-corrected chi connectivity index (χ3v) is 4.69. The van der Waals surface area contributed by atoms with Crippen LogP contribution in [0.15, 0.2) is 78.5 Å². The van der Waals surface area contributed by atoms with Gasteiger partial charge in [0.2, 0.25) is 0 Å². The van der Waals surface area contributed by atoms with E-state index in [0.29, 0.717) is 0 Å². The largest absolute Gasteiger partial charge is 0.545 e. The lowest BCUT2D eigenvalue weighted by atomic mass is 10.1. The molecule has 3 aromatic carbocycles. The first-order valence-corrected chi connectivity index (χ1v) is 9.77. The molecule has 0 aliphatic rings. The number of nitrogens with one attached hydrogen (secondary N) is 2. The normalized spacial score (nSPS) is 10.9. The van der Waals surface area contributed by atoms with Crippen LogP contribution in [0, 0.1) is 10.1 Å². The first kappa shape index (κ1) is 23.2. The summed E-state index contributed by atoms with van der Waals surface area (Å²) >= 11 is 6.06. The first-order chi connectivity index (χ1) is 15.7. The van der Waals surface area contributed by atoms with Crippen molar-refractivity contribution in [2.75, 3.05) is 5.32 Å². The van der Waals surface area contributed by atoms with Crippen LogP contribution < -0.4 is 15.7 Å². The number of aromatic carboxylic acids is 1. The van der Waals surface area contributed by atoms with Gasteiger partial charge in [-0.25, -0.2) is 0 Å². The van der Waals surface area contributed by atoms with E-state index < -0.39 is 22.7 Å². The molecule has 0 saturated heterocycles. The van der Waals surface area contributed by atoms with Crippen molar-refractivity contribution in [3.63, 3.8) is 0 Å². The summed E-state index contributed by atoms with van der Waals surface area (Å²) < 4.78 is 0. The van der Waals surface area contributed by atoms with Crippen molar-refractivity contribution >= 4 is 46.8 Å². The van der Waals surface area contributed by atoms with E-state index >= 15 is 0 Å². The molecule has 0 aliphatic heterocycles. The highest BCUT2D eigenvalue weighted by Gasteiger charge is 2.17. The van der Waals surface area contributed by atoms with Crippen LogP contribution in [0.25, 0.3) is 6.08 Å². The lowest BCUT2D eigenvalue weighted by Gasteiger charge is -2.13. The number of nitro groups is 1. The maximum atomic E-state index is 12.9. The predicted molar refractivity (Wildman–Crippen MR) is 119 cm³/mol. The Balaban J connectivity index is 1.96. The van der Waals surface area contributed by atoms with E-state index in [1.165, 1.54) is 66.7 Å². The Bertz CT molecular complexity index is 1290. The summed E-state index contributed by atoms with van der Waals surface area (Å²) in [6, 6.07) is 17.0. The third kappa shape index (κ3) is 6.02. The van der Waals surface area contributed by atoms with Gasteiger partial charge in [-0.15, -0.1) is 0 Å². The van der Waals surface area contributed by atoms with E-state index in [1.54, 1.807) is 12.1 Å². The maximum Gasteiger partial charge on any atom is 0.272 e. The van der Waals surface area contributed by atoms with Crippen molar-refractivity contribution in [3.05, 3.63) is 110 Å². The molecule has 3 rings (SSSR count). The van der Waals surface area contributed by atoms with Crippen molar-refractivity contribution in [2.24, 2.45) is 0 Å². The Hall–Kier alpha value is -4.50. The summed E-state index contributed by atoms with van der Waals surface area (Å²) in [7, 11) is 0. The lowest BCUT2D eigenvalue weighted by Crippen LogP contribution is -2.31. The van der Waals surface area contributed by atoms with E-state index in [9.17, 15) is 29.6 Å². The zero-order valence-electron chi connectivity index (χ0n) is 16.8. The molecule has 0 heterocycles. The number of rotatable bonds is 7. The molecule has 2 N–H and O–H groups in total. The third-order valence-electron chi connectivity index (χ3n) is 4.36. The van der Waals surface area contributed by atoms with Gasteiger partial charge in [-0.05, 0) is 41.5 Å². The fourth-order valence-corrected chi connectivity index (χ4v) is 3.03. The number of carboxylic acid groups (broad SMARTS) is 1. The molecule has 3 aromatic rings. The minimum Gasteiger partial charge on any atom is -0.545 e. The summed E-state index contributed by atoms with van der Waals surface area (Å²) in [5, 5.41) is 27.2. The molecule has 0 aliphatic carbocycles. The van der Waals surface area contributed by atoms with E-state index in [1.807, 2.05) is 0 Å². The monoisotopic (exact) mass is 464 g/mol. The van der Waals surface area contributed by atoms with Crippen LogP contribution in [-0.4, -0.2) is 22.7 Å². The lowest BCUT2D eigenvalue weighted by molar-refractivity contribution is -0.384. The summed E-state index contributed by atoms with van der Waals surface area (Å²) in [6.45, 7) is 0.